The second-order valence-corrected chi connectivity index (χ2v) is 5.45. The molecular formula is C11H13N3O4S. The van der Waals surface area contributed by atoms with E-state index in [0.717, 1.165) is 0 Å². The third-order valence-electron chi connectivity index (χ3n) is 2.34. The van der Waals surface area contributed by atoms with Crippen LogP contribution in [0.25, 0.3) is 0 Å². The Morgan fingerprint density at radius 2 is 2.32 bits per heavy atom. The number of aliphatic carboxylic acids is 1. The monoisotopic (exact) mass is 283 g/mol. The van der Waals surface area contributed by atoms with Gasteiger partial charge < -0.3 is 5.11 Å². The number of carbonyl (C=O) groups is 1. The topological polar surface area (TPSA) is 120 Å². The fourth-order valence-electron chi connectivity index (χ4n) is 1.46. The van der Waals surface area contributed by atoms with E-state index in [1.54, 1.807) is 13.0 Å². The van der Waals surface area contributed by atoms with Crippen LogP contribution in [0.4, 0.5) is 0 Å². The van der Waals surface area contributed by atoms with Gasteiger partial charge in [-0.25, -0.2) is 13.4 Å². The molecule has 0 radical (unpaired) electrons. The molecular weight excluding hydrogens is 270 g/mol. The Morgan fingerprint density at radius 3 is 2.84 bits per heavy atom. The first-order chi connectivity index (χ1) is 8.92. The maximum absolute atomic E-state index is 12.0. The number of sulfonamides is 1. The molecule has 0 saturated carbocycles. The molecule has 1 atom stereocenters. The minimum Gasteiger partial charge on any atom is -0.480 e. The average molecular weight is 283 g/mol. The number of hydrogen-bond acceptors (Lipinski definition) is 5. The van der Waals surface area contributed by atoms with Crippen molar-refractivity contribution in [1.29, 1.82) is 5.26 Å². The number of rotatable bonds is 6. The van der Waals surface area contributed by atoms with E-state index in [0.29, 0.717) is 6.42 Å². The molecule has 0 fully saturated rings. The Labute approximate surface area is 110 Å². The van der Waals surface area contributed by atoms with E-state index in [2.05, 4.69) is 9.71 Å². The van der Waals surface area contributed by atoms with Crippen molar-refractivity contribution in [2.24, 2.45) is 0 Å². The summed E-state index contributed by atoms with van der Waals surface area (Å²) in [5.41, 5.74) is -0.268. The quantitative estimate of drug-likeness (QED) is 0.783. The molecule has 2 N–H and O–H groups in total. The fraction of sp³-hybridized carbons (Fsp3) is 0.364. The molecule has 19 heavy (non-hydrogen) atoms. The summed E-state index contributed by atoms with van der Waals surface area (Å²) >= 11 is 0. The van der Waals surface area contributed by atoms with Crippen LogP contribution in [-0.2, 0) is 14.8 Å². The van der Waals surface area contributed by atoms with Gasteiger partial charge in [0, 0.05) is 6.20 Å². The van der Waals surface area contributed by atoms with Crippen molar-refractivity contribution in [3.63, 3.8) is 0 Å². The number of nitrogens with one attached hydrogen (secondary N) is 1. The molecule has 0 aliphatic rings. The Morgan fingerprint density at radius 1 is 1.63 bits per heavy atom. The zero-order chi connectivity index (χ0) is 14.5. The minimum absolute atomic E-state index is 0.163. The second-order valence-electron chi connectivity index (χ2n) is 3.76. The highest BCUT2D eigenvalue weighted by Crippen LogP contribution is 2.13. The van der Waals surface area contributed by atoms with E-state index in [4.69, 9.17) is 10.4 Å². The van der Waals surface area contributed by atoms with Gasteiger partial charge in [-0.1, -0.05) is 13.3 Å². The molecule has 0 spiro atoms. The van der Waals surface area contributed by atoms with Crippen LogP contribution in [-0.4, -0.2) is 30.5 Å². The van der Waals surface area contributed by atoms with E-state index in [9.17, 15) is 13.2 Å². The highest BCUT2D eigenvalue weighted by Gasteiger charge is 2.26. The van der Waals surface area contributed by atoms with Gasteiger partial charge in [0.25, 0.3) is 0 Å². The molecule has 1 unspecified atom stereocenters. The normalized spacial score (nSPS) is 12.6. The Bertz CT molecular complexity index is 607. The molecule has 0 saturated heterocycles. The molecule has 102 valence electrons. The van der Waals surface area contributed by atoms with Gasteiger partial charge in [0.15, 0.2) is 5.69 Å². The summed E-state index contributed by atoms with van der Waals surface area (Å²) in [5.74, 6) is -1.26. The molecule has 0 aliphatic heterocycles. The summed E-state index contributed by atoms with van der Waals surface area (Å²) in [6, 6.07) is 3.01. The van der Waals surface area contributed by atoms with E-state index in [1.807, 2.05) is 0 Å². The fourth-order valence-corrected chi connectivity index (χ4v) is 2.79. The smallest absolute Gasteiger partial charge is 0.321 e. The standard InChI is InChI=1S/C11H13N3O4S/c1-2-4-8(11(15)16)14-19(17,18)10-5-3-6-13-9(10)7-12/h3,5-6,8,14H,2,4H2,1H3,(H,15,16). The average Bonchev–Trinajstić information content (AvgIpc) is 2.38. The van der Waals surface area contributed by atoms with Crippen LogP contribution in [0.5, 0.6) is 0 Å². The zero-order valence-corrected chi connectivity index (χ0v) is 11.0. The van der Waals surface area contributed by atoms with Crippen LogP contribution in [0.1, 0.15) is 25.5 Å². The molecule has 1 aromatic heterocycles. The molecule has 7 nitrogen and oxygen atoms in total. The number of nitrogens with zero attached hydrogens (tertiary/aromatic N) is 2. The van der Waals surface area contributed by atoms with Gasteiger partial charge in [-0.2, -0.15) is 9.98 Å². The van der Waals surface area contributed by atoms with Gasteiger partial charge in [-0.05, 0) is 18.6 Å². The highest BCUT2D eigenvalue weighted by atomic mass is 32.2. The third kappa shape index (κ3) is 3.74. The summed E-state index contributed by atoms with van der Waals surface area (Å²) in [4.78, 5) is 14.3. The summed E-state index contributed by atoms with van der Waals surface area (Å²) in [6.45, 7) is 1.75. The summed E-state index contributed by atoms with van der Waals surface area (Å²) in [5, 5.41) is 17.7. The largest absolute Gasteiger partial charge is 0.480 e. The maximum atomic E-state index is 12.0. The number of hydrogen-bond donors (Lipinski definition) is 2. The van der Waals surface area contributed by atoms with Gasteiger partial charge in [-0.3, -0.25) is 4.79 Å². The minimum atomic E-state index is -4.09. The van der Waals surface area contributed by atoms with Crippen molar-refractivity contribution >= 4 is 16.0 Å². The van der Waals surface area contributed by atoms with Gasteiger partial charge in [0.2, 0.25) is 10.0 Å². The number of pyridine rings is 1. The predicted octanol–water partition coefficient (Wildman–Crippen LogP) is 0.485. The van der Waals surface area contributed by atoms with E-state index < -0.39 is 22.0 Å². The number of carboxylic acids is 1. The van der Waals surface area contributed by atoms with Gasteiger partial charge in [0.1, 0.15) is 17.0 Å². The molecule has 0 aromatic carbocycles. The van der Waals surface area contributed by atoms with Crippen molar-refractivity contribution in [1.82, 2.24) is 9.71 Å². The predicted molar refractivity (Wildman–Crippen MR) is 65.6 cm³/mol. The van der Waals surface area contributed by atoms with Crippen LogP contribution in [0.3, 0.4) is 0 Å². The SMILES string of the molecule is CCCC(NS(=O)(=O)c1cccnc1C#N)C(=O)O. The zero-order valence-electron chi connectivity index (χ0n) is 10.2. The molecule has 1 rings (SSSR count). The van der Waals surface area contributed by atoms with Crippen LogP contribution >= 0.6 is 0 Å². The Balaban J connectivity index is 3.11. The van der Waals surface area contributed by atoms with Gasteiger partial charge in [0.05, 0.1) is 0 Å². The van der Waals surface area contributed by atoms with E-state index >= 15 is 0 Å². The maximum Gasteiger partial charge on any atom is 0.321 e. The van der Waals surface area contributed by atoms with Gasteiger partial charge in [-0.15, -0.1) is 0 Å². The molecule has 8 heteroatoms. The first kappa shape index (κ1) is 15.1. The van der Waals surface area contributed by atoms with Gasteiger partial charge >= 0.3 is 5.97 Å². The lowest BCUT2D eigenvalue weighted by Gasteiger charge is -2.14. The van der Waals surface area contributed by atoms with Crippen molar-refractivity contribution < 1.29 is 18.3 Å². The van der Waals surface area contributed by atoms with Crippen LogP contribution in [0.2, 0.25) is 0 Å². The second kappa shape index (κ2) is 6.26. The van der Waals surface area contributed by atoms with Crippen LogP contribution in [0.15, 0.2) is 23.2 Å². The van der Waals surface area contributed by atoms with Crippen molar-refractivity contribution in [2.45, 2.75) is 30.7 Å². The lowest BCUT2D eigenvalue weighted by atomic mass is 10.2. The van der Waals surface area contributed by atoms with Crippen LogP contribution < -0.4 is 4.72 Å². The first-order valence-electron chi connectivity index (χ1n) is 5.52. The summed E-state index contributed by atoms with van der Waals surface area (Å²) < 4.78 is 26.1. The molecule has 0 amide bonds. The number of aromatic nitrogens is 1. The Hall–Kier alpha value is -1.98. The number of nitriles is 1. The van der Waals surface area contributed by atoms with Crippen molar-refractivity contribution in [3.05, 3.63) is 24.0 Å². The van der Waals surface area contributed by atoms with Crippen molar-refractivity contribution in [3.8, 4) is 6.07 Å². The molecule has 1 heterocycles. The van der Waals surface area contributed by atoms with Crippen LogP contribution in [0, 0.1) is 11.3 Å². The molecule has 0 bridgehead atoms. The molecule has 1 aromatic rings. The lowest BCUT2D eigenvalue weighted by Crippen LogP contribution is -2.40. The highest BCUT2D eigenvalue weighted by molar-refractivity contribution is 7.89. The van der Waals surface area contributed by atoms with Crippen molar-refractivity contribution in [2.75, 3.05) is 0 Å². The summed E-state index contributed by atoms with van der Waals surface area (Å²) in [6.07, 6.45) is 1.96. The Kier molecular flexibility index (Phi) is 4.97. The first-order valence-corrected chi connectivity index (χ1v) is 7.01. The third-order valence-corrected chi connectivity index (χ3v) is 3.84. The molecule has 0 aliphatic carbocycles. The lowest BCUT2D eigenvalue weighted by molar-refractivity contribution is -0.139. The van der Waals surface area contributed by atoms with E-state index in [-0.39, 0.29) is 17.0 Å². The van der Waals surface area contributed by atoms with E-state index in [1.165, 1.54) is 18.3 Å². The summed E-state index contributed by atoms with van der Waals surface area (Å²) in [7, 11) is -4.09. The number of carboxylic acid groups (broad SMARTS) is 1.